The first-order valence-electron chi connectivity index (χ1n) is 11.3. The van der Waals surface area contributed by atoms with Crippen molar-refractivity contribution in [3.63, 3.8) is 0 Å². The van der Waals surface area contributed by atoms with Crippen molar-refractivity contribution in [1.82, 2.24) is 0 Å². The van der Waals surface area contributed by atoms with Gasteiger partial charge >= 0.3 is 5.97 Å². The predicted octanol–water partition coefficient (Wildman–Crippen LogP) is 3.97. The Balaban J connectivity index is 1.93. The zero-order valence-corrected chi connectivity index (χ0v) is 20.3. The minimum Gasteiger partial charge on any atom is -0.497 e. The zero-order chi connectivity index (χ0) is 25.7. The molecule has 1 heterocycles. The van der Waals surface area contributed by atoms with Crippen LogP contribution in [0.25, 0.3) is 0 Å². The van der Waals surface area contributed by atoms with Gasteiger partial charge in [-0.3, -0.25) is 0 Å². The first-order chi connectivity index (χ1) is 17.4. The molecule has 0 spiro atoms. The van der Waals surface area contributed by atoms with Crippen molar-refractivity contribution in [3.8, 4) is 23.0 Å². The van der Waals surface area contributed by atoms with Crippen LogP contribution in [-0.4, -0.2) is 44.6 Å². The van der Waals surface area contributed by atoms with E-state index in [1.807, 2.05) is 30.3 Å². The molecule has 0 amide bonds. The SMILES string of the molecule is COC1=C(C(=O)O)[C@@H](c2ccccc2)[C@]2(c3ccc(OC)cc3)Oc3cc(OC)cc(OC)c3[C@]12O. The normalized spacial score (nSPS) is 24.0. The molecule has 3 aromatic rings. The molecule has 8 heteroatoms. The number of rotatable bonds is 7. The topological polar surface area (TPSA) is 104 Å². The highest BCUT2D eigenvalue weighted by Gasteiger charge is 2.75. The first kappa shape index (κ1) is 23.6. The lowest BCUT2D eigenvalue weighted by molar-refractivity contribution is -0.133. The van der Waals surface area contributed by atoms with Gasteiger partial charge in [-0.25, -0.2) is 4.79 Å². The fourth-order valence-corrected chi connectivity index (χ4v) is 5.59. The van der Waals surface area contributed by atoms with E-state index in [0.29, 0.717) is 28.4 Å². The van der Waals surface area contributed by atoms with Crippen LogP contribution in [0.3, 0.4) is 0 Å². The number of aliphatic carboxylic acids is 1. The van der Waals surface area contributed by atoms with Crippen molar-refractivity contribution >= 4 is 5.97 Å². The molecule has 36 heavy (non-hydrogen) atoms. The number of hydrogen-bond donors (Lipinski definition) is 2. The van der Waals surface area contributed by atoms with Crippen molar-refractivity contribution in [1.29, 1.82) is 0 Å². The number of ether oxygens (including phenoxy) is 5. The molecule has 0 saturated carbocycles. The molecule has 0 bridgehead atoms. The number of carbonyl (C=O) groups is 1. The molecular weight excluding hydrogens is 464 g/mol. The van der Waals surface area contributed by atoms with Gasteiger partial charge in [0.1, 0.15) is 28.8 Å². The summed E-state index contributed by atoms with van der Waals surface area (Å²) < 4.78 is 28.9. The summed E-state index contributed by atoms with van der Waals surface area (Å²) in [7, 11) is 5.87. The Morgan fingerprint density at radius 3 is 2.08 bits per heavy atom. The number of carboxylic acid groups (broad SMARTS) is 1. The van der Waals surface area contributed by atoms with E-state index in [2.05, 4.69) is 0 Å². The second-order valence-corrected chi connectivity index (χ2v) is 8.58. The Morgan fingerprint density at radius 2 is 1.53 bits per heavy atom. The van der Waals surface area contributed by atoms with Gasteiger partial charge in [-0.15, -0.1) is 0 Å². The Kier molecular flexibility index (Phi) is 5.56. The third-order valence-corrected chi connectivity index (χ3v) is 7.02. The number of hydrogen-bond acceptors (Lipinski definition) is 7. The van der Waals surface area contributed by atoms with E-state index < -0.39 is 23.1 Å². The molecule has 0 radical (unpaired) electrons. The van der Waals surface area contributed by atoms with Gasteiger partial charge in [0, 0.05) is 17.7 Å². The molecular formula is C28H26O8. The van der Waals surface area contributed by atoms with Crippen LogP contribution in [0.2, 0.25) is 0 Å². The lowest BCUT2D eigenvalue weighted by atomic mass is 9.69. The Hall–Kier alpha value is -4.17. The smallest absolute Gasteiger partial charge is 0.335 e. The van der Waals surface area contributed by atoms with Crippen LogP contribution < -0.4 is 18.9 Å². The minimum absolute atomic E-state index is 0.106. The highest BCUT2D eigenvalue weighted by atomic mass is 16.6. The summed E-state index contributed by atoms with van der Waals surface area (Å²) in [5.74, 6) is -0.680. The molecule has 2 aliphatic rings. The summed E-state index contributed by atoms with van der Waals surface area (Å²) in [5, 5.41) is 23.2. The number of aliphatic hydroxyl groups is 1. The molecule has 0 saturated heterocycles. The summed E-state index contributed by atoms with van der Waals surface area (Å²) in [4.78, 5) is 12.8. The summed E-state index contributed by atoms with van der Waals surface area (Å²) in [5.41, 5.74) is -2.39. The molecule has 0 fully saturated rings. The van der Waals surface area contributed by atoms with Crippen LogP contribution in [0.1, 0.15) is 22.6 Å². The molecule has 3 aromatic carbocycles. The summed E-state index contributed by atoms with van der Waals surface area (Å²) >= 11 is 0. The third-order valence-electron chi connectivity index (χ3n) is 7.02. The second kappa shape index (κ2) is 8.49. The van der Waals surface area contributed by atoms with Gasteiger partial charge in [-0.2, -0.15) is 0 Å². The number of benzene rings is 3. The molecule has 3 atom stereocenters. The highest BCUT2D eigenvalue weighted by Crippen LogP contribution is 2.70. The average molecular weight is 491 g/mol. The Bertz CT molecular complexity index is 1350. The fraction of sp³-hybridized carbons (Fsp3) is 0.250. The van der Waals surface area contributed by atoms with Crippen LogP contribution in [0.5, 0.6) is 23.0 Å². The Labute approximate surface area is 208 Å². The van der Waals surface area contributed by atoms with Crippen LogP contribution in [0.4, 0.5) is 0 Å². The molecule has 186 valence electrons. The van der Waals surface area contributed by atoms with Crippen molar-refractivity contribution < 1.29 is 38.7 Å². The summed E-state index contributed by atoms with van der Waals surface area (Å²) in [6.45, 7) is 0. The van der Waals surface area contributed by atoms with Crippen molar-refractivity contribution in [2.24, 2.45) is 0 Å². The maximum absolute atomic E-state index is 12.8. The van der Waals surface area contributed by atoms with E-state index >= 15 is 0 Å². The van der Waals surface area contributed by atoms with Crippen molar-refractivity contribution in [2.45, 2.75) is 17.1 Å². The van der Waals surface area contributed by atoms with Gasteiger partial charge in [0.15, 0.2) is 11.2 Å². The van der Waals surface area contributed by atoms with Gasteiger partial charge in [0.05, 0.1) is 45.5 Å². The largest absolute Gasteiger partial charge is 0.497 e. The predicted molar refractivity (Wildman–Crippen MR) is 130 cm³/mol. The van der Waals surface area contributed by atoms with E-state index in [1.165, 1.54) is 21.3 Å². The highest BCUT2D eigenvalue weighted by molar-refractivity contribution is 5.92. The minimum atomic E-state index is -2.06. The number of carboxylic acids is 1. The molecule has 1 aliphatic heterocycles. The molecule has 5 rings (SSSR count). The Morgan fingerprint density at radius 1 is 0.861 bits per heavy atom. The molecule has 0 unspecified atom stereocenters. The number of fused-ring (bicyclic) bond motifs is 3. The molecule has 2 N–H and O–H groups in total. The summed E-state index contributed by atoms with van der Waals surface area (Å²) in [6.07, 6.45) is 0. The average Bonchev–Trinajstić information content (AvgIpc) is 3.30. The van der Waals surface area contributed by atoms with Crippen molar-refractivity contribution in [3.05, 3.63) is 94.8 Å². The molecule has 1 aliphatic carbocycles. The van der Waals surface area contributed by atoms with Crippen LogP contribution in [-0.2, 0) is 20.7 Å². The standard InChI is InChI=1S/C28H26O8/c1-32-18-12-10-17(11-13-18)28-23(16-8-6-5-7-9-16)22(26(29)30)25(35-4)27(28,31)24-20(34-3)14-19(33-2)15-21(24)36-28/h5-15,23,31H,1-4H3,(H,29,30)/t23-,27+,28+/m1/s1. The monoisotopic (exact) mass is 490 g/mol. The van der Waals surface area contributed by atoms with E-state index in [-0.39, 0.29) is 22.6 Å². The zero-order valence-electron chi connectivity index (χ0n) is 20.3. The van der Waals surface area contributed by atoms with Gasteiger partial charge in [0.2, 0.25) is 0 Å². The van der Waals surface area contributed by atoms with Crippen molar-refractivity contribution in [2.75, 3.05) is 28.4 Å². The van der Waals surface area contributed by atoms with E-state index in [0.717, 1.165) is 0 Å². The van der Waals surface area contributed by atoms with Crippen LogP contribution >= 0.6 is 0 Å². The van der Waals surface area contributed by atoms with E-state index in [1.54, 1.807) is 43.5 Å². The van der Waals surface area contributed by atoms with Crippen LogP contribution in [0, 0.1) is 0 Å². The van der Waals surface area contributed by atoms with Crippen LogP contribution in [0.15, 0.2) is 78.1 Å². The van der Waals surface area contributed by atoms with Gasteiger partial charge in [-0.1, -0.05) is 42.5 Å². The lowest BCUT2D eigenvalue weighted by Gasteiger charge is -2.41. The van der Waals surface area contributed by atoms with E-state index in [9.17, 15) is 15.0 Å². The molecule has 8 nitrogen and oxygen atoms in total. The van der Waals surface area contributed by atoms with Gasteiger partial charge in [0.25, 0.3) is 0 Å². The fourth-order valence-electron chi connectivity index (χ4n) is 5.59. The van der Waals surface area contributed by atoms with Gasteiger partial charge < -0.3 is 33.9 Å². The third kappa shape index (κ3) is 2.94. The van der Waals surface area contributed by atoms with Gasteiger partial charge in [-0.05, 0) is 17.7 Å². The van der Waals surface area contributed by atoms with E-state index in [4.69, 9.17) is 23.7 Å². The molecule has 0 aromatic heterocycles. The lowest BCUT2D eigenvalue weighted by Crippen LogP contribution is -2.50. The number of methoxy groups -OCH3 is 4. The maximum atomic E-state index is 12.8. The quantitative estimate of drug-likeness (QED) is 0.513. The second-order valence-electron chi connectivity index (χ2n) is 8.58. The first-order valence-corrected chi connectivity index (χ1v) is 11.3. The summed E-state index contributed by atoms with van der Waals surface area (Å²) in [6, 6.07) is 19.3. The maximum Gasteiger partial charge on any atom is 0.335 e.